The lowest BCUT2D eigenvalue weighted by Gasteiger charge is -2.27. The van der Waals surface area contributed by atoms with Crippen LogP contribution in [0.5, 0.6) is 0 Å². The van der Waals surface area contributed by atoms with Gasteiger partial charge in [-0.2, -0.15) is 0 Å². The highest BCUT2D eigenvalue weighted by molar-refractivity contribution is 7.92. The Kier molecular flexibility index (Phi) is 5.52. The van der Waals surface area contributed by atoms with Crippen molar-refractivity contribution < 1.29 is 27.5 Å². The van der Waals surface area contributed by atoms with E-state index in [1.54, 1.807) is 12.1 Å². The summed E-state index contributed by atoms with van der Waals surface area (Å²) >= 11 is 11.8. The smallest absolute Gasteiger partial charge is 0.326 e. The van der Waals surface area contributed by atoms with Crippen LogP contribution in [0.2, 0.25) is 10.0 Å². The van der Waals surface area contributed by atoms with Gasteiger partial charge in [-0.05, 0) is 49.1 Å². The average molecular weight is 486 g/mol. The molecule has 6 nitrogen and oxygen atoms in total. The van der Waals surface area contributed by atoms with E-state index in [9.17, 15) is 27.5 Å². The number of likely N-dealkylation sites (tertiary alicyclic amines) is 1. The molecule has 4 rings (SSSR count). The Balaban J connectivity index is 1.66. The molecule has 1 saturated heterocycles. The second kappa shape index (κ2) is 7.76. The minimum Gasteiger partial charge on any atom is -0.480 e. The maximum Gasteiger partial charge on any atom is 0.326 e. The summed E-state index contributed by atoms with van der Waals surface area (Å²) in [4.78, 5) is 26.3. The monoisotopic (exact) mass is 485 g/mol. The van der Waals surface area contributed by atoms with E-state index in [-0.39, 0.29) is 27.9 Å². The first kappa shape index (κ1) is 22.0. The number of halogens is 3. The molecule has 2 atom stereocenters. The normalized spacial score (nSPS) is 22.4. The van der Waals surface area contributed by atoms with Gasteiger partial charge in [0.05, 0.1) is 25.6 Å². The molecule has 0 unspecified atom stereocenters. The number of carboxylic acids is 1. The highest BCUT2D eigenvalue weighted by Crippen LogP contribution is 2.51. The minimum atomic E-state index is -3.97. The second-order valence-corrected chi connectivity index (χ2v) is 10.9. The maximum absolute atomic E-state index is 14.0. The predicted molar refractivity (Wildman–Crippen MR) is 113 cm³/mol. The lowest BCUT2D eigenvalue weighted by molar-refractivity contribution is -0.149. The molecule has 10 heteroatoms. The fraction of sp³-hybridized carbons (Fsp3) is 0.333. The lowest BCUT2D eigenvalue weighted by atomic mass is 9.94. The molecule has 0 aromatic heterocycles. The van der Waals surface area contributed by atoms with Crippen molar-refractivity contribution in [2.24, 2.45) is 0 Å². The van der Waals surface area contributed by atoms with Crippen molar-refractivity contribution in [3.8, 4) is 0 Å². The topological polar surface area (TPSA) is 91.8 Å². The van der Waals surface area contributed by atoms with Gasteiger partial charge >= 0.3 is 5.97 Å². The fourth-order valence-electron chi connectivity index (χ4n) is 4.16. The SMILES string of the molecule is O=C(O)[C@@H]1C[C@@H](S(=O)(=O)c2ccccc2Cl)CN1C(=O)C1(c2ccc(Cl)c(F)c2)CC1. The molecule has 1 aliphatic carbocycles. The van der Waals surface area contributed by atoms with E-state index < -0.39 is 44.2 Å². The highest BCUT2D eigenvalue weighted by Gasteiger charge is 2.57. The van der Waals surface area contributed by atoms with Crippen molar-refractivity contribution in [2.45, 2.75) is 40.9 Å². The Morgan fingerprint density at radius 2 is 1.77 bits per heavy atom. The van der Waals surface area contributed by atoms with Crippen molar-refractivity contribution in [2.75, 3.05) is 6.54 Å². The zero-order valence-electron chi connectivity index (χ0n) is 16.1. The molecule has 0 radical (unpaired) electrons. The standard InChI is InChI=1S/C21H18Cl2FNO5S/c22-14-6-5-12(9-16(14)24)21(7-8-21)20(28)25-11-13(10-17(25)19(26)27)31(29,30)18-4-2-1-3-15(18)23/h1-6,9,13,17H,7-8,10-11H2,(H,26,27)/t13-,17+/m1/s1. The third-order valence-electron chi connectivity index (χ3n) is 6.02. The molecular formula is C21H18Cl2FNO5S. The van der Waals surface area contributed by atoms with Crippen LogP contribution < -0.4 is 0 Å². The number of carbonyl (C=O) groups excluding carboxylic acids is 1. The van der Waals surface area contributed by atoms with Crippen LogP contribution in [0.1, 0.15) is 24.8 Å². The summed E-state index contributed by atoms with van der Waals surface area (Å²) in [5.74, 6) is -2.48. The maximum atomic E-state index is 14.0. The van der Waals surface area contributed by atoms with Crippen LogP contribution in [-0.2, 0) is 24.8 Å². The molecule has 2 fully saturated rings. The van der Waals surface area contributed by atoms with E-state index in [2.05, 4.69) is 0 Å². The zero-order valence-corrected chi connectivity index (χ0v) is 18.4. The quantitative estimate of drug-likeness (QED) is 0.696. The van der Waals surface area contributed by atoms with Gasteiger partial charge in [-0.3, -0.25) is 4.79 Å². The van der Waals surface area contributed by atoms with Gasteiger partial charge in [-0.15, -0.1) is 0 Å². The molecule has 1 amide bonds. The molecule has 31 heavy (non-hydrogen) atoms. The van der Waals surface area contributed by atoms with Crippen LogP contribution in [0, 0.1) is 5.82 Å². The number of carbonyl (C=O) groups is 2. The average Bonchev–Trinajstić information content (AvgIpc) is 3.40. The van der Waals surface area contributed by atoms with Gasteiger partial charge in [0.25, 0.3) is 0 Å². The summed E-state index contributed by atoms with van der Waals surface area (Å²) in [6.07, 6.45) is 0.578. The first-order chi connectivity index (χ1) is 14.6. The van der Waals surface area contributed by atoms with Crippen LogP contribution in [-0.4, -0.2) is 48.1 Å². The van der Waals surface area contributed by atoms with E-state index >= 15 is 0 Å². The van der Waals surface area contributed by atoms with Crippen molar-refractivity contribution in [1.82, 2.24) is 4.90 Å². The third kappa shape index (κ3) is 3.70. The number of hydrogen-bond acceptors (Lipinski definition) is 4. The molecule has 0 spiro atoms. The van der Waals surface area contributed by atoms with E-state index in [0.29, 0.717) is 18.4 Å². The van der Waals surface area contributed by atoms with Crippen molar-refractivity contribution in [1.29, 1.82) is 0 Å². The number of aliphatic carboxylic acids is 1. The van der Waals surface area contributed by atoms with Crippen LogP contribution in [0.15, 0.2) is 47.4 Å². The van der Waals surface area contributed by atoms with Gasteiger partial charge in [-0.1, -0.05) is 41.4 Å². The molecule has 2 aliphatic rings. The van der Waals surface area contributed by atoms with Crippen molar-refractivity contribution in [3.63, 3.8) is 0 Å². The summed E-state index contributed by atoms with van der Waals surface area (Å²) in [6.45, 7) is -0.277. The number of hydrogen-bond donors (Lipinski definition) is 1. The molecule has 1 saturated carbocycles. The van der Waals surface area contributed by atoms with Crippen LogP contribution in [0.25, 0.3) is 0 Å². The van der Waals surface area contributed by atoms with Gasteiger partial charge in [0.2, 0.25) is 5.91 Å². The fourth-order valence-corrected chi connectivity index (χ4v) is 6.49. The lowest BCUT2D eigenvalue weighted by Crippen LogP contribution is -2.46. The second-order valence-electron chi connectivity index (χ2n) is 7.86. The minimum absolute atomic E-state index is 0.0365. The Hall–Kier alpha value is -2.16. The zero-order chi connectivity index (χ0) is 22.6. The first-order valence-electron chi connectivity index (χ1n) is 9.56. The van der Waals surface area contributed by atoms with Crippen molar-refractivity contribution >= 4 is 44.9 Å². The molecule has 2 aromatic rings. The summed E-state index contributed by atoms with van der Waals surface area (Å²) in [7, 11) is -3.97. The number of carboxylic acid groups (broad SMARTS) is 1. The Bertz CT molecular complexity index is 1180. The summed E-state index contributed by atoms with van der Waals surface area (Å²) in [5, 5.41) is 8.53. The first-order valence-corrected chi connectivity index (χ1v) is 11.9. The molecular weight excluding hydrogens is 468 g/mol. The Labute approximate surface area is 188 Å². The largest absolute Gasteiger partial charge is 0.480 e. The highest BCUT2D eigenvalue weighted by atomic mass is 35.5. The number of benzene rings is 2. The number of rotatable bonds is 5. The molecule has 0 bridgehead atoms. The van der Waals surface area contributed by atoms with Crippen LogP contribution in [0.3, 0.4) is 0 Å². The van der Waals surface area contributed by atoms with Crippen molar-refractivity contribution in [3.05, 3.63) is 63.9 Å². The van der Waals surface area contributed by atoms with Gasteiger partial charge in [0.15, 0.2) is 9.84 Å². The van der Waals surface area contributed by atoms with E-state index in [1.807, 2.05) is 0 Å². The molecule has 164 valence electrons. The predicted octanol–water partition coefficient (Wildman–Crippen LogP) is 3.69. The van der Waals surface area contributed by atoms with E-state index in [0.717, 1.165) is 4.90 Å². The van der Waals surface area contributed by atoms with Gasteiger partial charge in [0, 0.05) is 6.54 Å². The molecule has 2 aromatic carbocycles. The van der Waals surface area contributed by atoms with E-state index in [4.69, 9.17) is 23.2 Å². The summed E-state index contributed by atoms with van der Waals surface area (Å²) < 4.78 is 40.2. The number of nitrogens with zero attached hydrogens (tertiary/aromatic N) is 1. The summed E-state index contributed by atoms with van der Waals surface area (Å²) in [5.41, 5.74) is -0.664. The summed E-state index contributed by atoms with van der Waals surface area (Å²) in [6, 6.07) is 8.68. The molecule has 1 heterocycles. The van der Waals surface area contributed by atoms with Crippen LogP contribution >= 0.6 is 23.2 Å². The van der Waals surface area contributed by atoms with Crippen LogP contribution in [0.4, 0.5) is 4.39 Å². The Morgan fingerprint density at radius 3 is 2.35 bits per heavy atom. The third-order valence-corrected chi connectivity index (χ3v) is 8.96. The van der Waals surface area contributed by atoms with Gasteiger partial charge in [0.1, 0.15) is 11.9 Å². The van der Waals surface area contributed by atoms with E-state index in [1.165, 1.54) is 30.3 Å². The number of sulfone groups is 1. The number of amides is 1. The van der Waals surface area contributed by atoms with Gasteiger partial charge in [-0.25, -0.2) is 17.6 Å². The molecule has 1 aliphatic heterocycles. The Morgan fingerprint density at radius 1 is 1.10 bits per heavy atom. The van der Waals surface area contributed by atoms with Gasteiger partial charge < -0.3 is 10.0 Å². The molecule has 1 N–H and O–H groups in total.